The molecule has 2 aliphatic rings. The standard InChI is InChI=1S/C74H62B2N6.C2H3N/c1-55-38-46-67(47-39-55)79-71(59-24-11-5-12-25-59)77-73(81(69-50-42-57(3)43-51-69)75(79,63-30-15-7-16-31-63)64-32-17-8-18-33-64)61-28-23-29-62(54-61)74-78-72(60-26-13-6-14-27-60)80(68-48-40-56(2)41-49-68)76(65-34-19-9-20-35-65,66-36-21-10-22-37-66)82(74)70-52-44-58(4)45-53-70;1-2-3/h5-54H,1-4H3;1H3. The fraction of sp³-hybridized carbons (Fsp3) is 0.0658. The Hall–Kier alpha value is -10.7. The van der Waals surface area contributed by atoms with Crippen molar-refractivity contribution in [1.82, 2.24) is 0 Å². The Balaban J connectivity index is 0.00000232. The number of aliphatic imine (C=N–C) groups is 2. The van der Waals surface area contributed by atoms with Crippen molar-refractivity contribution in [3.63, 3.8) is 0 Å². The van der Waals surface area contributed by atoms with Gasteiger partial charge in [0.15, 0.2) is 0 Å². The molecule has 0 spiro atoms. The zero-order chi connectivity index (χ0) is 58.3. The van der Waals surface area contributed by atoms with Crippen molar-refractivity contribution in [3.05, 3.63) is 348 Å². The Morgan fingerprint density at radius 3 is 0.941 bits per heavy atom. The summed E-state index contributed by atoms with van der Waals surface area (Å²) in [4.78, 5) is 17.2. The van der Waals surface area contributed by atoms with Crippen LogP contribution in [0.5, 0.6) is 0 Å². The molecule has 9 heteroatoms. The van der Waals surface area contributed by atoms with Crippen LogP contribution in [0.3, 0.4) is 0 Å². The van der Waals surface area contributed by atoms with E-state index in [1.165, 1.54) is 29.2 Å². The minimum atomic E-state index is -2.21. The fourth-order valence-corrected chi connectivity index (χ4v) is 12.8. The number of amidine groups is 4. The normalized spacial score (nSPS) is 14.4. The van der Waals surface area contributed by atoms with Crippen molar-refractivity contribution in [1.29, 1.82) is 5.26 Å². The molecule has 0 saturated carbocycles. The average Bonchev–Trinajstić information content (AvgIpc) is 0.845. The van der Waals surface area contributed by atoms with Crippen LogP contribution in [-0.4, -0.2) is 45.1 Å². The summed E-state index contributed by atoms with van der Waals surface area (Å²) < 4.78 is 5.06. The van der Waals surface area contributed by atoms with Gasteiger partial charge in [-0.25, -0.2) is 0 Å². The molecule has 0 amide bonds. The maximum atomic E-state index is 7.32. The number of anilines is 2. The first-order chi connectivity index (χ1) is 41.7. The molecule has 13 rings (SSSR count). The molecule has 2 aliphatic heterocycles. The number of benzene rings is 11. The summed E-state index contributed by atoms with van der Waals surface area (Å²) in [5, 5.41) is 7.32. The lowest BCUT2D eigenvalue weighted by atomic mass is 9.34. The van der Waals surface area contributed by atoms with Gasteiger partial charge in [0, 0.05) is 29.4 Å². The molecule has 0 aliphatic carbocycles. The average molecular weight is 1100 g/mol. The first-order valence-electron chi connectivity index (χ1n) is 29.2. The van der Waals surface area contributed by atoms with Gasteiger partial charge in [-0.1, -0.05) is 235 Å². The first kappa shape index (κ1) is 54.9. The van der Waals surface area contributed by atoms with Crippen molar-refractivity contribution in [3.8, 4) is 6.07 Å². The highest BCUT2D eigenvalue weighted by Gasteiger charge is 2.54. The second-order valence-electron chi connectivity index (χ2n) is 22.1. The third kappa shape index (κ3) is 10.2. The second kappa shape index (κ2) is 24.0. The lowest BCUT2D eigenvalue weighted by Gasteiger charge is -2.53. The summed E-state index contributed by atoms with van der Waals surface area (Å²) in [5.41, 5.74) is 17.1. The molecule has 0 aromatic heterocycles. The van der Waals surface area contributed by atoms with Gasteiger partial charge in [-0.2, -0.15) is 5.26 Å². The van der Waals surface area contributed by atoms with E-state index in [4.69, 9.17) is 15.2 Å². The molecule has 0 bridgehead atoms. The molecule has 0 fully saturated rings. The zero-order valence-corrected chi connectivity index (χ0v) is 48.7. The summed E-state index contributed by atoms with van der Waals surface area (Å²) in [6, 6.07) is 112. The van der Waals surface area contributed by atoms with Crippen LogP contribution in [0.15, 0.2) is 313 Å². The summed E-state index contributed by atoms with van der Waals surface area (Å²) in [6.45, 7) is 10.0. The van der Waals surface area contributed by atoms with Crippen LogP contribution in [-0.2, 0) is 0 Å². The Labute approximate surface area is 500 Å². The van der Waals surface area contributed by atoms with Gasteiger partial charge in [0.2, 0.25) is 11.7 Å². The first-order valence-corrected chi connectivity index (χ1v) is 29.2. The number of aryl methyl sites for hydroxylation is 4. The molecule has 0 saturated heterocycles. The van der Waals surface area contributed by atoms with Crippen molar-refractivity contribution in [2.24, 2.45) is 9.98 Å². The molecular formula is C76H65B2N7. The largest absolute Gasteiger partial charge is 0.432 e. The van der Waals surface area contributed by atoms with Gasteiger partial charge in [0.05, 0.1) is 28.6 Å². The zero-order valence-electron chi connectivity index (χ0n) is 48.7. The van der Waals surface area contributed by atoms with E-state index in [-0.39, 0.29) is 0 Å². The molecular weight excluding hydrogens is 1030 g/mol. The van der Waals surface area contributed by atoms with E-state index < -0.39 is 12.8 Å². The third-order valence-corrected chi connectivity index (χ3v) is 16.6. The third-order valence-electron chi connectivity index (χ3n) is 16.6. The minimum Gasteiger partial charge on any atom is -0.432 e. The summed E-state index contributed by atoms with van der Waals surface area (Å²) in [7, 11) is 0. The van der Waals surface area contributed by atoms with Crippen LogP contribution < -0.4 is 31.5 Å². The van der Waals surface area contributed by atoms with Gasteiger partial charge >= 0.3 is 12.8 Å². The quantitative estimate of drug-likeness (QED) is 0.115. The van der Waals surface area contributed by atoms with E-state index >= 15 is 0 Å². The highest BCUT2D eigenvalue weighted by molar-refractivity contribution is 7.03. The van der Waals surface area contributed by atoms with Crippen LogP contribution in [0.4, 0.5) is 22.7 Å². The monoisotopic (exact) mass is 1100 g/mol. The summed E-state index contributed by atoms with van der Waals surface area (Å²) in [6.07, 6.45) is -4.41. The maximum Gasteiger partial charge on any atom is 0.348 e. The second-order valence-corrected chi connectivity index (χ2v) is 22.1. The fourth-order valence-electron chi connectivity index (χ4n) is 12.8. The molecule has 0 radical (unpaired) electrons. The molecule has 11 aromatic carbocycles. The van der Waals surface area contributed by atoms with E-state index in [1.807, 2.05) is 0 Å². The van der Waals surface area contributed by atoms with E-state index in [2.05, 4.69) is 350 Å². The van der Waals surface area contributed by atoms with Gasteiger partial charge in [-0.05, 0) is 129 Å². The van der Waals surface area contributed by atoms with Gasteiger partial charge < -0.3 is 18.6 Å². The van der Waals surface area contributed by atoms with Gasteiger partial charge in [0.1, 0.15) is 0 Å². The molecule has 0 unspecified atom stereocenters. The van der Waals surface area contributed by atoms with Crippen LogP contribution in [0.25, 0.3) is 0 Å². The minimum absolute atomic E-state index is 0.801. The molecule has 0 N–H and O–H groups in total. The summed E-state index contributed by atoms with van der Waals surface area (Å²) >= 11 is 0. The lowest BCUT2D eigenvalue weighted by molar-refractivity contribution is -0.294. The molecule has 410 valence electrons. The predicted molar refractivity (Wildman–Crippen MR) is 357 cm³/mol. The Bertz CT molecular complexity index is 4220. The molecule has 0 atom stereocenters. The van der Waals surface area contributed by atoms with Crippen LogP contribution >= 0.6 is 0 Å². The van der Waals surface area contributed by atoms with Crippen molar-refractivity contribution < 1.29 is 8.97 Å². The maximum absolute atomic E-state index is 7.32. The number of nitriles is 1. The Morgan fingerprint density at radius 1 is 0.318 bits per heavy atom. The highest BCUT2D eigenvalue weighted by Crippen LogP contribution is 2.38. The van der Waals surface area contributed by atoms with E-state index in [1.54, 1.807) is 6.07 Å². The van der Waals surface area contributed by atoms with Crippen molar-refractivity contribution in [2.75, 3.05) is 9.62 Å². The van der Waals surface area contributed by atoms with Crippen LogP contribution in [0, 0.1) is 39.0 Å². The predicted octanol–water partition coefficient (Wildman–Crippen LogP) is 14.1. The molecule has 85 heavy (non-hydrogen) atoms. The Kier molecular flexibility index (Phi) is 15.5. The Morgan fingerprint density at radius 2 is 0.588 bits per heavy atom. The summed E-state index contributed by atoms with van der Waals surface area (Å²) in [5.74, 6) is 3.27. The number of hydrogen-bond acceptors (Lipinski definition) is 5. The number of nitrogens with zero attached hydrogens (tertiary/aromatic N) is 7. The topological polar surface area (TPSA) is 61.0 Å². The van der Waals surface area contributed by atoms with Gasteiger partial charge in [-0.15, -0.1) is 21.9 Å². The molecule has 2 heterocycles. The van der Waals surface area contributed by atoms with Gasteiger partial charge in [-0.3, -0.25) is 0 Å². The van der Waals surface area contributed by atoms with Crippen molar-refractivity contribution in [2.45, 2.75) is 34.6 Å². The number of hydrogen-bond donors (Lipinski definition) is 0. The van der Waals surface area contributed by atoms with Crippen LogP contribution in [0.2, 0.25) is 0 Å². The van der Waals surface area contributed by atoms with E-state index in [0.29, 0.717) is 0 Å². The van der Waals surface area contributed by atoms with Gasteiger partial charge in [0.25, 0.3) is 11.7 Å². The lowest BCUT2D eigenvalue weighted by Crippen LogP contribution is -2.80. The smallest absolute Gasteiger partial charge is 0.348 e. The molecule has 7 nitrogen and oxygen atoms in total. The van der Waals surface area contributed by atoms with E-state index in [0.717, 1.165) is 90.2 Å². The SMILES string of the molecule is CC#N.Cc1ccc(N2C(c3cccc(C4=[N+](c5ccc(C)cc5)[B-](c5ccccc5)(c5ccccc5)N(c5ccc(C)cc5)C(c5ccccc5)=N4)c3)=NC(c3ccccc3)=[N+](c3ccc(C)cc3)[B-]2(c2ccccc2)c2ccccc2)cc1. The number of rotatable bonds is 12. The highest BCUT2D eigenvalue weighted by atomic mass is 15.3. The van der Waals surface area contributed by atoms with Crippen molar-refractivity contribution >= 4 is 80.8 Å². The van der Waals surface area contributed by atoms with E-state index in [9.17, 15) is 0 Å². The van der Waals surface area contributed by atoms with Crippen LogP contribution in [0.1, 0.15) is 51.4 Å². The molecule has 11 aromatic rings.